The first-order chi connectivity index (χ1) is 7.99. The highest BCUT2D eigenvalue weighted by molar-refractivity contribution is 7.10. The van der Waals surface area contributed by atoms with E-state index >= 15 is 0 Å². The van der Waals surface area contributed by atoms with Gasteiger partial charge in [-0.3, -0.25) is 9.69 Å². The van der Waals surface area contributed by atoms with Gasteiger partial charge in [0.25, 0.3) is 0 Å². The molecule has 96 valence electrons. The van der Waals surface area contributed by atoms with Crippen molar-refractivity contribution in [3.8, 4) is 0 Å². The van der Waals surface area contributed by atoms with Crippen LogP contribution < -0.4 is 0 Å². The molecule has 2 nitrogen and oxygen atoms in total. The van der Waals surface area contributed by atoms with Crippen LogP contribution in [0.25, 0.3) is 0 Å². The van der Waals surface area contributed by atoms with Gasteiger partial charge in [0.05, 0.1) is 5.54 Å². The number of carbonyl (C=O) groups excluding carboxylic acids is 1. The first kappa shape index (κ1) is 14.4. The van der Waals surface area contributed by atoms with Gasteiger partial charge in [-0.05, 0) is 39.4 Å². The zero-order valence-corrected chi connectivity index (χ0v) is 12.4. The lowest BCUT2D eigenvalue weighted by Gasteiger charge is -2.38. The molecule has 0 saturated heterocycles. The van der Waals surface area contributed by atoms with E-state index in [0.717, 1.165) is 25.1 Å². The summed E-state index contributed by atoms with van der Waals surface area (Å²) in [6.07, 6.45) is 0.850. The molecule has 0 aliphatic rings. The van der Waals surface area contributed by atoms with Gasteiger partial charge in [-0.15, -0.1) is 11.3 Å². The summed E-state index contributed by atoms with van der Waals surface area (Å²) in [6.45, 7) is 12.3. The molecule has 3 heteroatoms. The molecule has 0 N–H and O–H groups in total. The number of Topliss-reactive ketones (excluding diaryl/α,β-unsaturated/α-hetero) is 1. The summed E-state index contributed by atoms with van der Waals surface area (Å²) in [5, 5.41) is 1.98. The molecule has 1 heterocycles. The highest BCUT2D eigenvalue weighted by Crippen LogP contribution is 2.26. The van der Waals surface area contributed by atoms with Crippen LogP contribution >= 0.6 is 11.3 Å². The molecule has 17 heavy (non-hydrogen) atoms. The summed E-state index contributed by atoms with van der Waals surface area (Å²) in [4.78, 5) is 16.1. The molecule has 0 radical (unpaired) electrons. The highest BCUT2D eigenvalue weighted by atomic mass is 32.1. The van der Waals surface area contributed by atoms with E-state index in [2.05, 4.69) is 32.6 Å². The first-order valence-electron chi connectivity index (χ1n) is 6.34. The standard InChI is InChI=1S/C14H23NOS/c1-6-14(5,15(7-2)8-3)13(16)12-9-11(4)17-10-12/h9-10H,6-8H2,1-5H3. The Kier molecular flexibility index (Phi) is 4.90. The van der Waals surface area contributed by atoms with E-state index in [1.165, 1.54) is 4.88 Å². The highest BCUT2D eigenvalue weighted by Gasteiger charge is 2.36. The van der Waals surface area contributed by atoms with Crippen molar-refractivity contribution in [2.45, 2.75) is 46.6 Å². The van der Waals surface area contributed by atoms with E-state index < -0.39 is 0 Å². The number of aryl methyl sites for hydroxylation is 1. The van der Waals surface area contributed by atoms with Crippen molar-refractivity contribution in [2.24, 2.45) is 0 Å². The van der Waals surface area contributed by atoms with Crippen LogP contribution in [0.1, 0.15) is 49.4 Å². The number of nitrogens with zero attached hydrogens (tertiary/aromatic N) is 1. The lowest BCUT2D eigenvalue weighted by atomic mass is 9.87. The predicted octanol–water partition coefficient (Wildman–Crippen LogP) is 3.75. The van der Waals surface area contributed by atoms with E-state index in [0.29, 0.717) is 0 Å². The Balaban J connectivity index is 3.04. The fourth-order valence-corrected chi connectivity index (χ4v) is 3.01. The van der Waals surface area contributed by atoms with Gasteiger partial charge in [-0.2, -0.15) is 0 Å². The number of likely N-dealkylation sites (N-methyl/N-ethyl adjacent to an activating group) is 1. The van der Waals surface area contributed by atoms with Crippen molar-refractivity contribution in [3.05, 3.63) is 21.9 Å². The van der Waals surface area contributed by atoms with Gasteiger partial charge in [0, 0.05) is 15.8 Å². The van der Waals surface area contributed by atoms with Gasteiger partial charge in [0.15, 0.2) is 5.78 Å². The van der Waals surface area contributed by atoms with Crippen molar-refractivity contribution in [3.63, 3.8) is 0 Å². The summed E-state index contributed by atoms with van der Waals surface area (Å²) >= 11 is 1.65. The minimum atomic E-state index is -0.364. The first-order valence-corrected chi connectivity index (χ1v) is 7.22. The smallest absolute Gasteiger partial charge is 0.183 e. The monoisotopic (exact) mass is 253 g/mol. The summed E-state index contributed by atoms with van der Waals surface area (Å²) in [5.74, 6) is 0.257. The van der Waals surface area contributed by atoms with Crippen molar-refractivity contribution in [1.82, 2.24) is 4.90 Å². The molecule has 0 bridgehead atoms. The second-order valence-electron chi connectivity index (χ2n) is 4.57. The fraction of sp³-hybridized carbons (Fsp3) is 0.643. The molecule has 0 saturated carbocycles. The quantitative estimate of drug-likeness (QED) is 0.720. The number of ketones is 1. The Morgan fingerprint density at radius 3 is 2.29 bits per heavy atom. The van der Waals surface area contributed by atoms with Gasteiger partial charge in [-0.25, -0.2) is 0 Å². The number of thiophene rings is 1. The Morgan fingerprint density at radius 2 is 1.94 bits per heavy atom. The van der Waals surface area contributed by atoms with Crippen LogP contribution in [0.3, 0.4) is 0 Å². The molecule has 1 aromatic rings. The predicted molar refractivity (Wildman–Crippen MR) is 75.0 cm³/mol. The van der Waals surface area contributed by atoms with Gasteiger partial charge < -0.3 is 0 Å². The van der Waals surface area contributed by atoms with Crippen molar-refractivity contribution >= 4 is 17.1 Å². The normalized spacial score (nSPS) is 14.9. The number of rotatable bonds is 6. The zero-order valence-electron chi connectivity index (χ0n) is 11.5. The van der Waals surface area contributed by atoms with Crippen molar-refractivity contribution in [2.75, 3.05) is 13.1 Å². The summed E-state index contributed by atoms with van der Waals surface area (Å²) in [5.41, 5.74) is 0.501. The van der Waals surface area contributed by atoms with Gasteiger partial charge in [-0.1, -0.05) is 20.8 Å². The Morgan fingerprint density at radius 1 is 1.35 bits per heavy atom. The van der Waals surface area contributed by atoms with Crippen LogP contribution in [-0.2, 0) is 0 Å². The van der Waals surface area contributed by atoms with E-state index in [1.807, 2.05) is 18.4 Å². The van der Waals surface area contributed by atoms with Crippen LogP contribution in [0.5, 0.6) is 0 Å². The van der Waals surface area contributed by atoms with E-state index in [9.17, 15) is 4.79 Å². The summed E-state index contributed by atoms with van der Waals surface area (Å²) in [6, 6.07) is 2.00. The SMILES string of the molecule is CCN(CC)C(C)(CC)C(=O)c1csc(C)c1. The molecule has 1 aromatic heterocycles. The van der Waals surface area contributed by atoms with Gasteiger partial charge in [0.2, 0.25) is 0 Å². The molecule has 0 aliphatic carbocycles. The van der Waals surface area contributed by atoms with E-state index in [4.69, 9.17) is 0 Å². The second-order valence-corrected chi connectivity index (χ2v) is 5.69. The van der Waals surface area contributed by atoms with Crippen LogP contribution in [0, 0.1) is 6.92 Å². The third-order valence-electron chi connectivity index (χ3n) is 3.63. The maximum atomic E-state index is 12.6. The third-order valence-corrected chi connectivity index (χ3v) is 4.49. The minimum Gasteiger partial charge on any atom is -0.292 e. The van der Waals surface area contributed by atoms with Crippen LogP contribution in [0.4, 0.5) is 0 Å². The Bertz CT molecular complexity index is 381. The van der Waals surface area contributed by atoms with Crippen molar-refractivity contribution in [1.29, 1.82) is 0 Å². The molecule has 1 atom stereocenters. The van der Waals surface area contributed by atoms with E-state index in [-0.39, 0.29) is 11.3 Å². The lowest BCUT2D eigenvalue weighted by Crippen LogP contribution is -2.51. The van der Waals surface area contributed by atoms with Crippen molar-refractivity contribution < 1.29 is 4.79 Å². The second kappa shape index (κ2) is 5.78. The Hall–Kier alpha value is -0.670. The fourth-order valence-electron chi connectivity index (χ4n) is 2.32. The number of hydrogen-bond donors (Lipinski definition) is 0. The Labute approximate surface area is 109 Å². The van der Waals surface area contributed by atoms with Crippen LogP contribution in [0.15, 0.2) is 11.4 Å². The molecule has 0 aliphatic heterocycles. The average Bonchev–Trinajstić information content (AvgIpc) is 2.76. The molecule has 1 unspecified atom stereocenters. The number of hydrogen-bond acceptors (Lipinski definition) is 3. The molecule has 1 rings (SSSR count). The third kappa shape index (κ3) is 2.78. The molecular weight excluding hydrogens is 230 g/mol. The van der Waals surface area contributed by atoms with Crippen LogP contribution in [-0.4, -0.2) is 29.3 Å². The lowest BCUT2D eigenvalue weighted by molar-refractivity contribution is 0.0608. The topological polar surface area (TPSA) is 20.3 Å². The van der Waals surface area contributed by atoms with E-state index in [1.54, 1.807) is 11.3 Å². The average molecular weight is 253 g/mol. The minimum absolute atomic E-state index is 0.257. The maximum absolute atomic E-state index is 12.6. The molecule has 0 aromatic carbocycles. The van der Waals surface area contributed by atoms with Gasteiger partial charge >= 0.3 is 0 Å². The van der Waals surface area contributed by atoms with Crippen LogP contribution in [0.2, 0.25) is 0 Å². The van der Waals surface area contributed by atoms with Gasteiger partial charge in [0.1, 0.15) is 0 Å². The summed E-state index contributed by atoms with van der Waals surface area (Å²) in [7, 11) is 0. The molecule has 0 amide bonds. The largest absolute Gasteiger partial charge is 0.292 e. The molecular formula is C14H23NOS. The maximum Gasteiger partial charge on any atom is 0.183 e. The number of carbonyl (C=O) groups is 1. The summed E-state index contributed by atoms with van der Waals surface area (Å²) < 4.78 is 0. The zero-order chi connectivity index (χ0) is 13.1. The molecule has 0 fully saturated rings. The molecule has 0 spiro atoms.